The predicted molar refractivity (Wildman–Crippen MR) is 43.3 cm³/mol. The quantitative estimate of drug-likeness (QED) is 0.294. The van der Waals surface area contributed by atoms with E-state index in [-0.39, 0.29) is 41.4 Å². The summed E-state index contributed by atoms with van der Waals surface area (Å²) < 4.78 is 0. The number of alkyl halides is 1. The van der Waals surface area contributed by atoms with E-state index in [1.54, 1.807) is 12.2 Å². The Kier molecular flexibility index (Phi) is 12.0. The van der Waals surface area contributed by atoms with E-state index in [0.29, 0.717) is 0 Å². The van der Waals surface area contributed by atoms with Crippen molar-refractivity contribution in [2.45, 2.75) is 31.6 Å². The molecule has 2 nitrogen and oxygen atoms in total. The predicted octanol–water partition coefficient (Wildman–Crippen LogP) is -1.91. The number of rotatable bonds is 5. The maximum Gasteiger partial charge on any atom is 1.00 e. The summed E-state index contributed by atoms with van der Waals surface area (Å²) >= 11 is 5.77. The van der Waals surface area contributed by atoms with E-state index in [9.17, 15) is 9.90 Å². The number of carbonyl (C=O) groups is 1. The number of hydrogen-bond acceptors (Lipinski definition) is 2. The SMILES string of the molecule is CCC(Cl)C/C=C/CC(=O)[O-].[Na+]. The van der Waals surface area contributed by atoms with E-state index in [1.807, 2.05) is 6.92 Å². The van der Waals surface area contributed by atoms with Crippen LogP contribution in [-0.4, -0.2) is 11.3 Å². The molecule has 64 valence electrons. The summed E-state index contributed by atoms with van der Waals surface area (Å²) in [4.78, 5) is 9.92. The van der Waals surface area contributed by atoms with Crippen molar-refractivity contribution in [2.24, 2.45) is 0 Å². The Hall–Kier alpha value is 0.500. The van der Waals surface area contributed by atoms with Crippen molar-refractivity contribution in [1.82, 2.24) is 0 Å². The summed E-state index contributed by atoms with van der Waals surface area (Å²) in [5.74, 6) is -1.05. The van der Waals surface area contributed by atoms with Gasteiger partial charge in [0.1, 0.15) is 0 Å². The molecule has 0 aliphatic heterocycles. The second-order valence-corrected chi connectivity index (χ2v) is 2.91. The van der Waals surface area contributed by atoms with Gasteiger partial charge in [0.05, 0.1) is 0 Å². The summed E-state index contributed by atoms with van der Waals surface area (Å²) in [5, 5.41) is 10.0. The van der Waals surface area contributed by atoms with Gasteiger partial charge < -0.3 is 9.90 Å². The Labute approximate surface area is 100 Å². The largest absolute Gasteiger partial charge is 1.00 e. The third-order valence-electron chi connectivity index (χ3n) is 1.29. The Morgan fingerprint density at radius 1 is 1.58 bits per heavy atom. The first-order valence-corrected chi connectivity index (χ1v) is 4.09. The zero-order chi connectivity index (χ0) is 8.69. The molecule has 0 rings (SSSR count). The van der Waals surface area contributed by atoms with Crippen molar-refractivity contribution < 1.29 is 39.5 Å². The molecule has 0 heterocycles. The van der Waals surface area contributed by atoms with Crippen LogP contribution in [0.3, 0.4) is 0 Å². The molecule has 1 unspecified atom stereocenters. The topological polar surface area (TPSA) is 40.1 Å². The second kappa shape index (κ2) is 9.59. The van der Waals surface area contributed by atoms with E-state index < -0.39 is 5.97 Å². The first-order valence-electron chi connectivity index (χ1n) is 3.65. The summed E-state index contributed by atoms with van der Waals surface area (Å²) in [6.07, 6.45) is 4.95. The average Bonchev–Trinajstić information content (AvgIpc) is 1.97. The number of carboxylic acid groups (broad SMARTS) is 1. The molecule has 0 saturated carbocycles. The molecule has 0 aliphatic carbocycles. The van der Waals surface area contributed by atoms with Crippen LogP contribution in [0.25, 0.3) is 0 Å². The molecule has 0 bridgehead atoms. The molecule has 0 aliphatic rings. The molecule has 0 saturated heterocycles. The van der Waals surface area contributed by atoms with E-state index in [2.05, 4.69) is 0 Å². The smallest absolute Gasteiger partial charge is 0.550 e. The molecular weight excluding hydrogens is 187 g/mol. The molecule has 12 heavy (non-hydrogen) atoms. The van der Waals surface area contributed by atoms with E-state index >= 15 is 0 Å². The number of halogens is 1. The van der Waals surface area contributed by atoms with Gasteiger partial charge in [-0.05, 0) is 12.8 Å². The van der Waals surface area contributed by atoms with Crippen LogP contribution in [-0.2, 0) is 4.79 Å². The number of carbonyl (C=O) groups excluding carboxylic acids is 1. The summed E-state index contributed by atoms with van der Waals surface area (Å²) in [7, 11) is 0. The van der Waals surface area contributed by atoms with Gasteiger partial charge in [-0.25, -0.2) is 0 Å². The van der Waals surface area contributed by atoms with Gasteiger partial charge >= 0.3 is 29.6 Å². The molecular formula is C8H12ClNaO2. The summed E-state index contributed by atoms with van der Waals surface area (Å²) in [6.45, 7) is 1.99. The number of aliphatic carboxylic acids is 1. The third kappa shape index (κ3) is 10.5. The molecule has 0 aromatic rings. The van der Waals surface area contributed by atoms with Crippen molar-refractivity contribution in [2.75, 3.05) is 0 Å². The number of allylic oxidation sites excluding steroid dienone is 1. The van der Waals surface area contributed by atoms with Gasteiger partial charge in [-0.3, -0.25) is 0 Å². The zero-order valence-electron chi connectivity index (χ0n) is 7.55. The molecule has 1 atom stereocenters. The van der Waals surface area contributed by atoms with Crippen LogP contribution < -0.4 is 34.7 Å². The van der Waals surface area contributed by atoms with Gasteiger partial charge in [0.15, 0.2) is 0 Å². The number of carboxylic acids is 1. The van der Waals surface area contributed by atoms with Crippen molar-refractivity contribution in [3.05, 3.63) is 12.2 Å². The van der Waals surface area contributed by atoms with Crippen LogP contribution >= 0.6 is 11.6 Å². The Morgan fingerprint density at radius 3 is 2.58 bits per heavy atom. The van der Waals surface area contributed by atoms with Gasteiger partial charge in [-0.2, -0.15) is 0 Å². The maximum atomic E-state index is 9.92. The summed E-state index contributed by atoms with van der Waals surface area (Å²) in [5.41, 5.74) is 0. The fourth-order valence-corrected chi connectivity index (χ4v) is 0.693. The molecule has 0 aromatic heterocycles. The Morgan fingerprint density at radius 2 is 2.17 bits per heavy atom. The zero-order valence-corrected chi connectivity index (χ0v) is 10.3. The van der Waals surface area contributed by atoms with Crippen molar-refractivity contribution >= 4 is 17.6 Å². The first kappa shape index (κ1) is 15.0. The van der Waals surface area contributed by atoms with Gasteiger partial charge in [-0.1, -0.05) is 19.1 Å². The fraction of sp³-hybridized carbons (Fsp3) is 0.625. The molecule has 0 aromatic carbocycles. The molecule has 0 radical (unpaired) electrons. The van der Waals surface area contributed by atoms with E-state index in [4.69, 9.17) is 11.6 Å². The van der Waals surface area contributed by atoms with E-state index in [0.717, 1.165) is 12.8 Å². The third-order valence-corrected chi connectivity index (χ3v) is 1.77. The van der Waals surface area contributed by atoms with Crippen LogP contribution in [0.15, 0.2) is 12.2 Å². The van der Waals surface area contributed by atoms with Gasteiger partial charge in [0.2, 0.25) is 0 Å². The molecule has 0 amide bonds. The molecule has 4 heteroatoms. The Bertz CT molecular complexity index is 148. The fourth-order valence-electron chi connectivity index (χ4n) is 0.590. The average molecular weight is 199 g/mol. The minimum Gasteiger partial charge on any atom is -0.550 e. The molecule has 0 spiro atoms. The molecule has 0 N–H and O–H groups in total. The second-order valence-electron chi connectivity index (χ2n) is 2.29. The van der Waals surface area contributed by atoms with Crippen LogP contribution in [0.4, 0.5) is 0 Å². The van der Waals surface area contributed by atoms with Crippen LogP contribution in [0, 0.1) is 0 Å². The monoisotopic (exact) mass is 198 g/mol. The van der Waals surface area contributed by atoms with Gasteiger partial charge in [0, 0.05) is 17.8 Å². The van der Waals surface area contributed by atoms with E-state index in [1.165, 1.54) is 0 Å². The first-order chi connectivity index (χ1) is 5.16. The summed E-state index contributed by atoms with van der Waals surface area (Å²) in [6, 6.07) is 0. The minimum absolute atomic E-state index is 0. The van der Waals surface area contributed by atoms with Crippen LogP contribution in [0.5, 0.6) is 0 Å². The van der Waals surface area contributed by atoms with Crippen molar-refractivity contribution in [3.8, 4) is 0 Å². The van der Waals surface area contributed by atoms with Crippen LogP contribution in [0.2, 0.25) is 0 Å². The standard InChI is InChI=1S/C8H13ClO2.Na/c1-2-7(9)5-3-4-6-8(10)11;/h3-4,7H,2,5-6H2,1H3,(H,10,11);/q;+1/p-1/b4-3+;. The Balaban J connectivity index is 0. The normalized spacial score (nSPS) is 12.5. The number of hydrogen-bond donors (Lipinski definition) is 0. The maximum absolute atomic E-state index is 9.92. The van der Waals surface area contributed by atoms with Gasteiger partial charge in [-0.15, -0.1) is 11.6 Å². The molecule has 0 fully saturated rings. The van der Waals surface area contributed by atoms with Crippen molar-refractivity contribution in [1.29, 1.82) is 0 Å². The van der Waals surface area contributed by atoms with Crippen molar-refractivity contribution in [3.63, 3.8) is 0 Å². The van der Waals surface area contributed by atoms with Crippen LogP contribution in [0.1, 0.15) is 26.2 Å². The minimum atomic E-state index is -1.05. The van der Waals surface area contributed by atoms with Gasteiger partial charge in [0.25, 0.3) is 0 Å².